The summed E-state index contributed by atoms with van der Waals surface area (Å²) in [7, 11) is 1.85. The summed E-state index contributed by atoms with van der Waals surface area (Å²) in [5, 5.41) is 4.67. The van der Waals surface area contributed by atoms with E-state index >= 15 is 0 Å². The summed E-state index contributed by atoms with van der Waals surface area (Å²) in [5.41, 5.74) is 8.14. The quantitative estimate of drug-likeness (QED) is 0.623. The molecule has 3 aromatic heterocycles. The molecule has 2 N–H and O–H groups in total. The number of fused-ring (bicyclic) bond motifs is 1. The van der Waals surface area contributed by atoms with Gasteiger partial charge in [0.15, 0.2) is 5.13 Å². The van der Waals surface area contributed by atoms with Crippen LogP contribution >= 0.6 is 11.3 Å². The highest BCUT2D eigenvalue weighted by Crippen LogP contribution is 2.29. The third kappa shape index (κ3) is 2.59. The van der Waals surface area contributed by atoms with Gasteiger partial charge in [0.25, 0.3) is 0 Å². The summed E-state index contributed by atoms with van der Waals surface area (Å²) in [4.78, 5) is 12.9. The molecule has 0 fully saturated rings. The van der Waals surface area contributed by atoms with Crippen LogP contribution in [0.5, 0.6) is 11.6 Å². The molecule has 23 heavy (non-hydrogen) atoms. The van der Waals surface area contributed by atoms with Crippen LogP contribution in [0, 0.1) is 0 Å². The lowest BCUT2D eigenvalue weighted by atomic mass is 10.3. The summed E-state index contributed by atoms with van der Waals surface area (Å²) < 4.78 is 8.51. The summed E-state index contributed by atoms with van der Waals surface area (Å²) in [6.45, 7) is 0. The highest BCUT2D eigenvalue weighted by molar-refractivity contribution is 7.22. The Morgan fingerprint density at radius 2 is 2.09 bits per heavy atom. The molecule has 0 aliphatic heterocycles. The molecule has 0 amide bonds. The average Bonchev–Trinajstić information content (AvgIpc) is 3.12. The minimum Gasteiger partial charge on any atom is -0.437 e. The van der Waals surface area contributed by atoms with E-state index in [1.165, 1.54) is 11.3 Å². The van der Waals surface area contributed by atoms with Gasteiger partial charge in [-0.3, -0.25) is 9.67 Å². The monoisotopic (exact) mass is 324 g/mol. The Labute approximate surface area is 135 Å². The van der Waals surface area contributed by atoms with Crippen molar-refractivity contribution in [2.75, 3.05) is 5.73 Å². The van der Waals surface area contributed by atoms with E-state index in [9.17, 15) is 0 Å². The second kappa shape index (κ2) is 5.33. The maximum absolute atomic E-state index is 5.81. The molecule has 0 atom stereocenters. The van der Waals surface area contributed by atoms with E-state index in [1.807, 2.05) is 31.3 Å². The molecule has 7 nitrogen and oxygen atoms in total. The summed E-state index contributed by atoms with van der Waals surface area (Å²) >= 11 is 1.42. The molecular formula is C15H12N6OS. The highest BCUT2D eigenvalue weighted by atomic mass is 32.1. The van der Waals surface area contributed by atoms with Crippen LogP contribution in [-0.2, 0) is 7.05 Å². The second-order valence-corrected chi connectivity index (χ2v) is 5.93. The van der Waals surface area contributed by atoms with Crippen molar-refractivity contribution in [1.82, 2.24) is 24.7 Å². The molecule has 0 unspecified atom stereocenters. The molecule has 4 rings (SSSR count). The molecule has 0 aliphatic carbocycles. The topological polar surface area (TPSA) is 91.7 Å². The Bertz CT molecular complexity index is 992. The van der Waals surface area contributed by atoms with Crippen LogP contribution in [0.2, 0.25) is 0 Å². The number of aromatic nitrogens is 5. The van der Waals surface area contributed by atoms with Crippen molar-refractivity contribution < 1.29 is 4.74 Å². The number of anilines is 1. The van der Waals surface area contributed by atoms with Gasteiger partial charge < -0.3 is 10.5 Å². The van der Waals surface area contributed by atoms with E-state index in [2.05, 4.69) is 20.1 Å². The Morgan fingerprint density at radius 1 is 1.17 bits per heavy atom. The van der Waals surface area contributed by atoms with Crippen molar-refractivity contribution in [2.24, 2.45) is 7.05 Å². The van der Waals surface area contributed by atoms with E-state index in [-0.39, 0.29) is 0 Å². The lowest BCUT2D eigenvalue weighted by Crippen LogP contribution is -1.97. The molecule has 8 heteroatoms. The number of thiazole rings is 1. The fraction of sp³-hybridized carbons (Fsp3) is 0.0667. The Balaban J connectivity index is 1.66. The zero-order chi connectivity index (χ0) is 15.8. The fourth-order valence-corrected chi connectivity index (χ4v) is 3.02. The van der Waals surface area contributed by atoms with Gasteiger partial charge in [0.05, 0.1) is 28.3 Å². The SMILES string of the molecule is Cn1nccc1-c1cncc(Oc2ccc3nc(N)sc3c2)n1. The molecule has 0 radical (unpaired) electrons. The van der Waals surface area contributed by atoms with E-state index in [4.69, 9.17) is 10.5 Å². The normalized spacial score (nSPS) is 11.0. The first kappa shape index (κ1) is 13.6. The summed E-state index contributed by atoms with van der Waals surface area (Å²) in [6, 6.07) is 7.47. The second-order valence-electron chi connectivity index (χ2n) is 4.87. The summed E-state index contributed by atoms with van der Waals surface area (Å²) in [6.07, 6.45) is 4.97. The molecule has 4 aromatic rings. The standard InChI is InChI=1S/C15H12N6OS/c1-21-12(4-5-18-21)11-7-17-8-14(19-11)22-9-2-3-10-13(6-9)23-15(16)20-10/h2-8H,1H3,(H2,16,20). The van der Waals surface area contributed by atoms with Crippen molar-refractivity contribution in [1.29, 1.82) is 0 Å². The molecule has 0 saturated carbocycles. The van der Waals surface area contributed by atoms with Gasteiger partial charge in [-0.05, 0) is 18.2 Å². The van der Waals surface area contributed by atoms with Gasteiger partial charge in [0.1, 0.15) is 11.4 Å². The number of hydrogen-bond donors (Lipinski definition) is 1. The first-order chi connectivity index (χ1) is 11.2. The first-order valence-electron chi connectivity index (χ1n) is 6.83. The van der Waals surface area contributed by atoms with Crippen LogP contribution < -0.4 is 10.5 Å². The Morgan fingerprint density at radius 3 is 2.91 bits per heavy atom. The van der Waals surface area contributed by atoms with Gasteiger partial charge >= 0.3 is 0 Å². The maximum atomic E-state index is 5.81. The zero-order valence-corrected chi connectivity index (χ0v) is 13.0. The molecule has 0 aliphatic rings. The van der Waals surface area contributed by atoms with Crippen LogP contribution in [0.3, 0.4) is 0 Å². The van der Waals surface area contributed by atoms with E-state index in [1.54, 1.807) is 23.3 Å². The van der Waals surface area contributed by atoms with Crippen LogP contribution in [-0.4, -0.2) is 24.7 Å². The van der Waals surface area contributed by atoms with E-state index in [0.717, 1.165) is 15.9 Å². The molecular weight excluding hydrogens is 312 g/mol. The van der Waals surface area contributed by atoms with Crippen molar-refractivity contribution in [2.45, 2.75) is 0 Å². The third-order valence-electron chi connectivity index (χ3n) is 3.29. The largest absolute Gasteiger partial charge is 0.437 e. The molecule has 114 valence electrons. The fourth-order valence-electron chi connectivity index (χ4n) is 2.25. The number of hydrogen-bond acceptors (Lipinski definition) is 7. The average molecular weight is 324 g/mol. The number of aryl methyl sites for hydroxylation is 1. The lowest BCUT2D eigenvalue weighted by molar-refractivity contribution is 0.461. The summed E-state index contributed by atoms with van der Waals surface area (Å²) in [5.74, 6) is 1.08. The number of nitrogens with zero attached hydrogens (tertiary/aromatic N) is 5. The Hall–Kier alpha value is -3.00. The Kier molecular flexibility index (Phi) is 3.16. The third-order valence-corrected chi connectivity index (χ3v) is 4.14. The highest BCUT2D eigenvalue weighted by Gasteiger charge is 2.08. The van der Waals surface area contributed by atoms with Gasteiger partial charge in [0.2, 0.25) is 5.88 Å². The molecule has 0 spiro atoms. The first-order valence-corrected chi connectivity index (χ1v) is 7.65. The lowest BCUT2D eigenvalue weighted by Gasteiger charge is -2.06. The zero-order valence-electron chi connectivity index (χ0n) is 12.2. The van der Waals surface area contributed by atoms with Gasteiger partial charge in [-0.1, -0.05) is 11.3 Å². The van der Waals surface area contributed by atoms with Crippen LogP contribution in [0.15, 0.2) is 42.9 Å². The maximum Gasteiger partial charge on any atom is 0.238 e. The number of rotatable bonds is 3. The smallest absolute Gasteiger partial charge is 0.238 e. The molecule has 3 heterocycles. The van der Waals surface area contributed by atoms with Crippen molar-refractivity contribution in [3.8, 4) is 23.0 Å². The number of nitrogen functional groups attached to an aromatic ring is 1. The van der Waals surface area contributed by atoms with Crippen LogP contribution in [0.4, 0.5) is 5.13 Å². The van der Waals surface area contributed by atoms with Crippen molar-refractivity contribution >= 4 is 26.7 Å². The predicted molar refractivity (Wildman–Crippen MR) is 88.3 cm³/mol. The molecule has 0 saturated heterocycles. The molecule has 0 bridgehead atoms. The van der Waals surface area contributed by atoms with Crippen LogP contribution in [0.1, 0.15) is 0 Å². The van der Waals surface area contributed by atoms with Gasteiger partial charge in [0, 0.05) is 19.3 Å². The number of benzene rings is 1. The number of nitrogens with two attached hydrogens (primary N) is 1. The van der Waals surface area contributed by atoms with Gasteiger partial charge in [-0.2, -0.15) is 5.10 Å². The van der Waals surface area contributed by atoms with E-state index in [0.29, 0.717) is 22.5 Å². The van der Waals surface area contributed by atoms with Gasteiger partial charge in [-0.15, -0.1) is 0 Å². The van der Waals surface area contributed by atoms with E-state index < -0.39 is 0 Å². The molecule has 1 aromatic carbocycles. The van der Waals surface area contributed by atoms with Crippen molar-refractivity contribution in [3.05, 3.63) is 42.9 Å². The minimum atomic E-state index is 0.417. The van der Waals surface area contributed by atoms with Gasteiger partial charge in [-0.25, -0.2) is 9.97 Å². The predicted octanol–water partition coefficient (Wildman–Crippen LogP) is 2.86. The van der Waals surface area contributed by atoms with Crippen molar-refractivity contribution in [3.63, 3.8) is 0 Å². The number of ether oxygens (including phenoxy) is 1. The van der Waals surface area contributed by atoms with Crippen LogP contribution in [0.25, 0.3) is 21.6 Å². The minimum absolute atomic E-state index is 0.417.